The molecule has 1 amide bonds. The second kappa shape index (κ2) is 6.88. The van der Waals surface area contributed by atoms with Crippen molar-refractivity contribution in [1.29, 1.82) is 0 Å². The van der Waals surface area contributed by atoms with E-state index in [4.69, 9.17) is 10.7 Å². The van der Waals surface area contributed by atoms with E-state index < -0.39 is 5.91 Å². The minimum Gasteiger partial charge on any atom is -0.366 e. The van der Waals surface area contributed by atoms with E-state index in [1.165, 1.54) is 17.7 Å². The van der Waals surface area contributed by atoms with Crippen molar-refractivity contribution in [1.82, 2.24) is 19.9 Å². The monoisotopic (exact) mass is 349 g/mol. The van der Waals surface area contributed by atoms with Gasteiger partial charge in [0.05, 0.1) is 24.0 Å². The van der Waals surface area contributed by atoms with E-state index in [9.17, 15) is 4.79 Å². The van der Waals surface area contributed by atoms with Gasteiger partial charge in [0.25, 0.3) is 0 Å². The van der Waals surface area contributed by atoms with Crippen molar-refractivity contribution in [2.75, 3.05) is 7.05 Å². The fourth-order valence-corrected chi connectivity index (χ4v) is 3.84. The van der Waals surface area contributed by atoms with Crippen LogP contribution in [0, 0.1) is 0 Å². The normalized spacial score (nSPS) is 18.8. The molecular weight excluding hydrogens is 326 g/mol. The van der Waals surface area contributed by atoms with E-state index in [1.807, 2.05) is 24.4 Å². The number of nitrogens with one attached hydrogen (secondary N) is 1. The van der Waals surface area contributed by atoms with Crippen molar-refractivity contribution in [3.63, 3.8) is 0 Å². The highest BCUT2D eigenvalue weighted by molar-refractivity contribution is 5.96. The summed E-state index contributed by atoms with van der Waals surface area (Å²) in [5.74, 6) is 0.524. The molecule has 6 heteroatoms. The SMILES string of the molecule is CN(Cc1nc2c([nH]1)CC=C(C(N)=O)C=C2)C1CCCc2cccnc21. The predicted molar refractivity (Wildman–Crippen MR) is 100.0 cm³/mol. The third-order valence-electron chi connectivity index (χ3n) is 5.19. The van der Waals surface area contributed by atoms with Gasteiger partial charge in [0, 0.05) is 23.9 Å². The summed E-state index contributed by atoms with van der Waals surface area (Å²) < 4.78 is 0. The molecular formula is C20H23N5O. The number of aromatic amines is 1. The van der Waals surface area contributed by atoms with Crippen LogP contribution < -0.4 is 5.73 Å². The van der Waals surface area contributed by atoms with Crippen LogP contribution in [0.2, 0.25) is 0 Å². The van der Waals surface area contributed by atoms with Crippen molar-refractivity contribution in [2.45, 2.75) is 38.3 Å². The number of primary amides is 1. The van der Waals surface area contributed by atoms with Crippen LogP contribution in [0.3, 0.4) is 0 Å². The van der Waals surface area contributed by atoms with Crippen molar-refractivity contribution < 1.29 is 4.79 Å². The zero-order valence-electron chi connectivity index (χ0n) is 14.9. The van der Waals surface area contributed by atoms with Crippen molar-refractivity contribution in [3.05, 3.63) is 64.5 Å². The van der Waals surface area contributed by atoms with E-state index in [-0.39, 0.29) is 0 Å². The molecule has 1 atom stereocenters. The zero-order valence-corrected chi connectivity index (χ0v) is 14.9. The van der Waals surface area contributed by atoms with Crippen LogP contribution in [0.1, 0.15) is 47.4 Å². The Morgan fingerprint density at radius 3 is 3.15 bits per heavy atom. The third-order valence-corrected chi connectivity index (χ3v) is 5.19. The number of allylic oxidation sites excluding steroid dienone is 1. The molecule has 4 rings (SSSR count). The van der Waals surface area contributed by atoms with Gasteiger partial charge in [0.1, 0.15) is 5.82 Å². The van der Waals surface area contributed by atoms with E-state index in [2.05, 4.69) is 28.0 Å². The maximum atomic E-state index is 11.3. The molecule has 0 aromatic carbocycles. The van der Waals surface area contributed by atoms with Crippen molar-refractivity contribution in [3.8, 4) is 0 Å². The first-order valence-electron chi connectivity index (χ1n) is 9.01. The number of H-pyrrole nitrogens is 1. The second-order valence-corrected chi connectivity index (χ2v) is 6.98. The number of imidazole rings is 1. The van der Waals surface area contributed by atoms with E-state index >= 15 is 0 Å². The molecule has 0 spiro atoms. The number of carbonyl (C=O) groups is 1. The van der Waals surface area contributed by atoms with Gasteiger partial charge in [-0.25, -0.2) is 4.98 Å². The van der Waals surface area contributed by atoms with Crippen LogP contribution in [0.25, 0.3) is 6.08 Å². The molecule has 0 saturated carbocycles. The number of hydrogen-bond acceptors (Lipinski definition) is 4. The molecule has 0 radical (unpaired) electrons. The number of aryl methyl sites for hydroxylation is 1. The Morgan fingerprint density at radius 1 is 1.42 bits per heavy atom. The number of pyridine rings is 1. The van der Waals surface area contributed by atoms with Crippen LogP contribution in [0.5, 0.6) is 0 Å². The molecule has 2 heterocycles. The molecule has 26 heavy (non-hydrogen) atoms. The van der Waals surface area contributed by atoms with E-state index in [1.54, 1.807) is 6.08 Å². The van der Waals surface area contributed by atoms with Gasteiger partial charge in [0.2, 0.25) is 5.91 Å². The molecule has 0 aliphatic heterocycles. The standard InChI is InChI=1S/C20H23N5O/c1-25(17-6-2-4-13-5-3-11-22-19(13)17)12-18-23-15-9-7-14(20(21)26)8-10-16(15)24-18/h3,5,7-9,11,17H,2,4,6,10,12H2,1H3,(H2,21,26)(H,23,24). The average Bonchev–Trinajstić information content (AvgIpc) is 2.91. The Bertz CT molecular complexity index is 895. The first kappa shape index (κ1) is 16.7. The van der Waals surface area contributed by atoms with Crippen LogP contribution in [0.15, 0.2) is 36.1 Å². The summed E-state index contributed by atoms with van der Waals surface area (Å²) in [7, 11) is 2.13. The minimum atomic E-state index is -0.408. The highest BCUT2D eigenvalue weighted by Crippen LogP contribution is 2.32. The summed E-state index contributed by atoms with van der Waals surface area (Å²) in [5, 5.41) is 0. The maximum Gasteiger partial charge on any atom is 0.248 e. The quantitative estimate of drug-likeness (QED) is 0.886. The number of amides is 1. The lowest BCUT2D eigenvalue weighted by molar-refractivity contribution is -0.114. The van der Waals surface area contributed by atoms with Gasteiger partial charge in [-0.05, 0) is 50.1 Å². The molecule has 2 aromatic rings. The smallest absolute Gasteiger partial charge is 0.248 e. The Morgan fingerprint density at radius 2 is 2.31 bits per heavy atom. The third kappa shape index (κ3) is 3.20. The van der Waals surface area contributed by atoms with E-state index in [0.717, 1.165) is 36.6 Å². The van der Waals surface area contributed by atoms with E-state index in [0.29, 0.717) is 18.0 Å². The molecule has 2 aromatic heterocycles. The molecule has 2 aliphatic carbocycles. The Hall–Kier alpha value is -2.73. The Kier molecular flexibility index (Phi) is 4.42. The van der Waals surface area contributed by atoms with Crippen molar-refractivity contribution in [2.24, 2.45) is 5.73 Å². The highest BCUT2D eigenvalue weighted by atomic mass is 16.1. The highest BCUT2D eigenvalue weighted by Gasteiger charge is 2.25. The minimum absolute atomic E-state index is 0.321. The number of carbonyl (C=O) groups excluding carboxylic acids is 1. The molecule has 6 nitrogen and oxygen atoms in total. The second-order valence-electron chi connectivity index (χ2n) is 6.98. The van der Waals surface area contributed by atoms with Crippen LogP contribution in [0.4, 0.5) is 0 Å². The lowest BCUT2D eigenvalue weighted by Gasteiger charge is -2.31. The summed E-state index contributed by atoms with van der Waals surface area (Å²) in [6, 6.07) is 4.53. The topological polar surface area (TPSA) is 87.9 Å². The summed E-state index contributed by atoms with van der Waals surface area (Å²) in [6.45, 7) is 0.730. The first-order chi connectivity index (χ1) is 12.6. The molecule has 0 fully saturated rings. The van der Waals surface area contributed by atoms with Crippen LogP contribution in [-0.2, 0) is 24.2 Å². The summed E-state index contributed by atoms with van der Waals surface area (Å²) >= 11 is 0. The van der Waals surface area contributed by atoms with Gasteiger partial charge in [-0.3, -0.25) is 14.7 Å². The predicted octanol–water partition coefficient (Wildman–Crippen LogP) is 2.30. The number of rotatable bonds is 4. The average molecular weight is 349 g/mol. The summed E-state index contributed by atoms with van der Waals surface area (Å²) in [6.07, 6.45) is 11.4. The van der Waals surface area contributed by atoms with Crippen LogP contribution >= 0.6 is 0 Å². The molecule has 0 bridgehead atoms. The molecule has 1 unspecified atom stereocenters. The Labute approximate surface area is 152 Å². The molecule has 0 saturated heterocycles. The largest absolute Gasteiger partial charge is 0.366 e. The molecule has 134 valence electrons. The fourth-order valence-electron chi connectivity index (χ4n) is 3.84. The fraction of sp³-hybridized carbons (Fsp3) is 0.350. The Balaban J connectivity index is 1.51. The van der Waals surface area contributed by atoms with Gasteiger partial charge in [-0.15, -0.1) is 0 Å². The lowest BCUT2D eigenvalue weighted by Crippen LogP contribution is -2.28. The van der Waals surface area contributed by atoms with Gasteiger partial charge in [-0.2, -0.15) is 0 Å². The number of hydrogen-bond donors (Lipinski definition) is 2. The van der Waals surface area contributed by atoms with Crippen LogP contribution in [-0.4, -0.2) is 32.8 Å². The summed E-state index contributed by atoms with van der Waals surface area (Å²) in [5.41, 5.74) is 10.3. The molecule has 3 N–H and O–H groups in total. The lowest BCUT2D eigenvalue weighted by atomic mass is 9.91. The summed E-state index contributed by atoms with van der Waals surface area (Å²) in [4.78, 5) is 26.4. The first-order valence-corrected chi connectivity index (χ1v) is 9.01. The van der Waals surface area contributed by atoms with Gasteiger partial charge < -0.3 is 10.7 Å². The number of aromatic nitrogens is 3. The molecule has 2 aliphatic rings. The zero-order chi connectivity index (χ0) is 18.1. The van der Waals surface area contributed by atoms with Gasteiger partial charge in [-0.1, -0.05) is 12.1 Å². The number of nitrogens with two attached hydrogens (primary N) is 1. The van der Waals surface area contributed by atoms with Gasteiger partial charge >= 0.3 is 0 Å². The maximum absolute atomic E-state index is 11.3. The number of fused-ring (bicyclic) bond motifs is 2. The van der Waals surface area contributed by atoms with Crippen molar-refractivity contribution >= 4 is 12.0 Å². The van der Waals surface area contributed by atoms with Gasteiger partial charge in [0.15, 0.2) is 0 Å². The number of nitrogens with zero attached hydrogens (tertiary/aromatic N) is 3.